The van der Waals surface area contributed by atoms with E-state index in [1.165, 1.54) is 12.1 Å². The summed E-state index contributed by atoms with van der Waals surface area (Å²) >= 11 is 0. The molecule has 1 amide bonds. The van der Waals surface area contributed by atoms with Crippen molar-refractivity contribution < 1.29 is 9.18 Å². The lowest BCUT2D eigenvalue weighted by molar-refractivity contribution is 0.102. The fourth-order valence-corrected chi connectivity index (χ4v) is 1.84. The fraction of sp³-hybridized carbons (Fsp3) is 0.0833. The maximum atomic E-state index is 13.5. The van der Waals surface area contributed by atoms with Crippen LogP contribution in [0.1, 0.15) is 16.2 Å². The molecule has 0 fully saturated rings. The number of aryl methyl sites for hydroxylation is 1. The molecule has 2 aromatic heterocycles. The van der Waals surface area contributed by atoms with Gasteiger partial charge in [0.25, 0.3) is 5.91 Å². The van der Waals surface area contributed by atoms with Crippen molar-refractivity contribution >= 4 is 22.6 Å². The predicted octanol–water partition coefficient (Wildman–Crippen LogP) is 1.99. The Hall–Kier alpha value is -2.70. The molecule has 0 atom stereocenters. The number of carbonyl (C=O) groups excluding carboxylic acids is 1. The SMILES string of the molecule is Cc1cc(NC(=O)c2[nH]nc3c(F)cccc23)n[nH]1. The first-order valence-corrected chi connectivity index (χ1v) is 5.61. The number of aromatic nitrogens is 4. The highest BCUT2D eigenvalue weighted by atomic mass is 19.1. The molecule has 7 heteroatoms. The van der Waals surface area contributed by atoms with Crippen LogP contribution in [0.3, 0.4) is 0 Å². The van der Waals surface area contributed by atoms with Crippen LogP contribution in [0.2, 0.25) is 0 Å². The zero-order valence-electron chi connectivity index (χ0n) is 9.99. The Bertz CT molecular complexity index is 760. The molecule has 2 heterocycles. The Balaban J connectivity index is 1.96. The second kappa shape index (κ2) is 4.20. The fourth-order valence-electron chi connectivity index (χ4n) is 1.84. The number of amides is 1. The van der Waals surface area contributed by atoms with Gasteiger partial charge in [-0.3, -0.25) is 15.0 Å². The maximum Gasteiger partial charge on any atom is 0.275 e. The van der Waals surface area contributed by atoms with E-state index in [2.05, 4.69) is 25.7 Å². The molecule has 96 valence electrons. The molecule has 6 nitrogen and oxygen atoms in total. The van der Waals surface area contributed by atoms with Crippen LogP contribution < -0.4 is 5.32 Å². The molecule has 3 N–H and O–H groups in total. The zero-order valence-corrected chi connectivity index (χ0v) is 9.99. The third-order valence-corrected chi connectivity index (χ3v) is 2.71. The first-order chi connectivity index (χ1) is 9.15. The van der Waals surface area contributed by atoms with Gasteiger partial charge in [0.2, 0.25) is 0 Å². The van der Waals surface area contributed by atoms with E-state index in [4.69, 9.17) is 0 Å². The van der Waals surface area contributed by atoms with Gasteiger partial charge in [-0.15, -0.1) is 0 Å². The number of H-pyrrole nitrogens is 2. The standard InChI is InChI=1S/C12H10FN5O/c1-6-5-9(16-15-6)14-12(19)11-7-3-2-4-8(13)10(7)17-18-11/h2-5H,1H3,(H,17,18)(H2,14,15,16,19). The second-order valence-electron chi connectivity index (χ2n) is 4.12. The maximum absolute atomic E-state index is 13.5. The number of carbonyl (C=O) groups is 1. The third-order valence-electron chi connectivity index (χ3n) is 2.71. The van der Waals surface area contributed by atoms with Gasteiger partial charge in [0.1, 0.15) is 11.2 Å². The van der Waals surface area contributed by atoms with E-state index in [-0.39, 0.29) is 11.2 Å². The van der Waals surface area contributed by atoms with Crippen LogP contribution >= 0.6 is 0 Å². The van der Waals surface area contributed by atoms with Crippen molar-refractivity contribution in [2.24, 2.45) is 0 Å². The van der Waals surface area contributed by atoms with E-state index in [9.17, 15) is 9.18 Å². The van der Waals surface area contributed by atoms with Gasteiger partial charge in [-0.25, -0.2) is 4.39 Å². The number of halogens is 1. The number of rotatable bonds is 2. The van der Waals surface area contributed by atoms with Crippen LogP contribution in [0, 0.1) is 12.7 Å². The molecule has 3 aromatic rings. The summed E-state index contributed by atoms with van der Waals surface area (Å²) in [6.07, 6.45) is 0. The summed E-state index contributed by atoms with van der Waals surface area (Å²) in [7, 11) is 0. The van der Waals surface area contributed by atoms with Crippen LogP contribution in [0.15, 0.2) is 24.3 Å². The molecule has 1 aromatic carbocycles. The van der Waals surface area contributed by atoms with Gasteiger partial charge in [0.15, 0.2) is 11.6 Å². The minimum Gasteiger partial charge on any atom is -0.304 e. The van der Waals surface area contributed by atoms with Gasteiger partial charge in [-0.2, -0.15) is 10.2 Å². The van der Waals surface area contributed by atoms with Crippen LogP contribution in [-0.2, 0) is 0 Å². The summed E-state index contributed by atoms with van der Waals surface area (Å²) in [6, 6.07) is 6.15. The topological polar surface area (TPSA) is 86.5 Å². The van der Waals surface area contributed by atoms with Crippen LogP contribution in [0.5, 0.6) is 0 Å². The molecular formula is C12H10FN5O. The normalized spacial score (nSPS) is 10.8. The van der Waals surface area contributed by atoms with Crippen molar-refractivity contribution in [2.45, 2.75) is 6.92 Å². The van der Waals surface area contributed by atoms with Gasteiger partial charge < -0.3 is 5.32 Å². The minimum absolute atomic E-state index is 0.144. The Kier molecular flexibility index (Phi) is 2.52. The summed E-state index contributed by atoms with van der Waals surface area (Å²) in [4.78, 5) is 12.1. The van der Waals surface area contributed by atoms with E-state index >= 15 is 0 Å². The van der Waals surface area contributed by atoms with Crippen LogP contribution in [-0.4, -0.2) is 26.3 Å². The lowest BCUT2D eigenvalue weighted by Gasteiger charge is -1.99. The highest BCUT2D eigenvalue weighted by Gasteiger charge is 2.16. The number of nitrogens with zero attached hydrogens (tertiary/aromatic N) is 2. The Morgan fingerprint density at radius 2 is 2.16 bits per heavy atom. The lowest BCUT2D eigenvalue weighted by atomic mass is 10.2. The van der Waals surface area contributed by atoms with Crippen molar-refractivity contribution in [3.05, 3.63) is 41.5 Å². The van der Waals surface area contributed by atoms with Crippen molar-refractivity contribution in [1.82, 2.24) is 20.4 Å². The monoisotopic (exact) mass is 259 g/mol. The van der Waals surface area contributed by atoms with Crippen LogP contribution in [0.4, 0.5) is 10.2 Å². The highest BCUT2D eigenvalue weighted by Crippen LogP contribution is 2.19. The number of hydrogen-bond donors (Lipinski definition) is 3. The number of nitrogens with one attached hydrogen (secondary N) is 3. The second-order valence-corrected chi connectivity index (χ2v) is 4.12. The van der Waals surface area contributed by atoms with E-state index in [0.717, 1.165) is 5.69 Å². The van der Waals surface area contributed by atoms with E-state index in [0.29, 0.717) is 11.2 Å². The Labute approximate surface area is 107 Å². The summed E-state index contributed by atoms with van der Waals surface area (Å²) in [6.45, 7) is 1.82. The average molecular weight is 259 g/mol. The zero-order chi connectivity index (χ0) is 13.4. The molecule has 0 spiro atoms. The number of hydrogen-bond acceptors (Lipinski definition) is 3. The molecule has 0 saturated heterocycles. The van der Waals surface area contributed by atoms with Crippen molar-refractivity contribution in [2.75, 3.05) is 5.32 Å². The van der Waals surface area contributed by atoms with Gasteiger partial charge in [-0.05, 0) is 13.0 Å². The first-order valence-electron chi connectivity index (χ1n) is 5.61. The third kappa shape index (κ3) is 1.95. The molecule has 0 unspecified atom stereocenters. The Morgan fingerprint density at radius 3 is 2.89 bits per heavy atom. The van der Waals surface area contributed by atoms with E-state index < -0.39 is 11.7 Å². The highest BCUT2D eigenvalue weighted by molar-refractivity contribution is 6.10. The molecule has 0 aliphatic carbocycles. The Morgan fingerprint density at radius 1 is 1.32 bits per heavy atom. The summed E-state index contributed by atoms with van der Waals surface area (Å²) in [5.74, 6) is -0.482. The molecular weight excluding hydrogens is 249 g/mol. The van der Waals surface area contributed by atoms with Gasteiger partial charge in [0, 0.05) is 17.1 Å². The molecule has 19 heavy (non-hydrogen) atoms. The van der Waals surface area contributed by atoms with Crippen molar-refractivity contribution in [3.63, 3.8) is 0 Å². The van der Waals surface area contributed by atoms with Gasteiger partial charge in [0.05, 0.1) is 0 Å². The predicted molar refractivity (Wildman–Crippen MR) is 67.3 cm³/mol. The number of para-hydroxylation sites is 1. The average Bonchev–Trinajstić information content (AvgIpc) is 2.96. The molecule has 3 rings (SSSR count). The number of benzene rings is 1. The molecule has 0 aliphatic rings. The number of fused-ring (bicyclic) bond motifs is 1. The minimum atomic E-state index is -0.469. The van der Waals surface area contributed by atoms with Crippen molar-refractivity contribution in [3.8, 4) is 0 Å². The van der Waals surface area contributed by atoms with Gasteiger partial charge in [-0.1, -0.05) is 12.1 Å². The quantitative estimate of drug-likeness (QED) is 0.657. The van der Waals surface area contributed by atoms with Gasteiger partial charge >= 0.3 is 0 Å². The van der Waals surface area contributed by atoms with E-state index in [1.807, 2.05) is 6.92 Å². The number of anilines is 1. The van der Waals surface area contributed by atoms with Crippen molar-refractivity contribution in [1.29, 1.82) is 0 Å². The first kappa shape index (κ1) is 11.4. The summed E-state index contributed by atoms with van der Waals surface area (Å²) in [5.41, 5.74) is 1.18. The van der Waals surface area contributed by atoms with Crippen LogP contribution in [0.25, 0.3) is 10.9 Å². The molecule has 0 bridgehead atoms. The number of aromatic amines is 2. The smallest absolute Gasteiger partial charge is 0.275 e. The summed E-state index contributed by atoms with van der Waals surface area (Å²) < 4.78 is 13.5. The molecule has 0 saturated carbocycles. The summed E-state index contributed by atoms with van der Waals surface area (Å²) in [5, 5.41) is 16.0. The lowest BCUT2D eigenvalue weighted by Crippen LogP contribution is -2.13. The molecule has 0 radical (unpaired) electrons. The molecule has 0 aliphatic heterocycles. The largest absolute Gasteiger partial charge is 0.304 e. The van der Waals surface area contributed by atoms with E-state index in [1.54, 1.807) is 12.1 Å².